The molecule has 1 aliphatic carbocycles. The number of rotatable bonds is 5. The number of carbonyl (C=O) groups is 1. The van der Waals surface area contributed by atoms with Gasteiger partial charge in [0.15, 0.2) is 5.65 Å². The molecule has 2 aromatic carbocycles. The number of ether oxygens (including phenoxy) is 1. The summed E-state index contributed by atoms with van der Waals surface area (Å²) in [6.07, 6.45) is 2.37. The normalized spacial score (nSPS) is 13.5. The molecule has 0 aliphatic heterocycles. The Balaban J connectivity index is 1.52. The molecule has 2 heterocycles. The molecular weight excluding hydrogens is 466 g/mol. The molecule has 162 valence electrons. The van der Waals surface area contributed by atoms with Gasteiger partial charge >= 0.3 is 5.97 Å². The largest absolute Gasteiger partial charge is 0.465 e. The maximum absolute atomic E-state index is 12.2. The Morgan fingerprint density at radius 2 is 1.81 bits per heavy atom. The van der Waals surface area contributed by atoms with Crippen molar-refractivity contribution in [1.29, 1.82) is 0 Å². The van der Waals surface area contributed by atoms with E-state index in [1.54, 1.807) is 6.07 Å². The third-order valence-corrected chi connectivity index (χ3v) is 7.30. The van der Waals surface area contributed by atoms with Crippen LogP contribution < -0.4 is 0 Å². The standard InChI is InChI=1S/C26H24BrN3O2/c1-15-22(27)16(2)28-25-23(15)29-24(19-12-13-19)30(25)14-17-8-10-18(11-9-17)20-6-4-5-7-21(20)26(31)32-3/h4-11,19H,12-14H2,1-3H3. The summed E-state index contributed by atoms with van der Waals surface area (Å²) >= 11 is 3.66. The Hall–Kier alpha value is -2.99. The molecule has 0 radical (unpaired) electrons. The van der Waals surface area contributed by atoms with Gasteiger partial charge in [0.05, 0.1) is 24.9 Å². The molecular formula is C26H24BrN3O2. The van der Waals surface area contributed by atoms with Crippen LogP contribution in [0.3, 0.4) is 0 Å². The Labute approximate surface area is 195 Å². The van der Waals surface area contributed by atoms with E-state index in [4.69, 9.17) is 14.7 Å². The number of hydrogen-bond acceptors (Lipinski definition) is 4. The summed E-state index contributed by atoms with van der Waals surface area (Å²) in [4.78, 5) is 22.0. The Morgan fingerprint density at radius 1 is 1.09 bits per heavy atom. The summed E-state index contributed by atoms with van der Waals surface area (Å²) in [5, 5.41) is 0. The van der Waals surface area contributed by atoms with Crippen LogP contribution in [0.15, 0.2) is 53.0 Å². The van der Waals surface area contributed by atoms with Crippen LogP contribution in [0.25, 0.3) is 22.3 Å². The van der Waals surface area contributed by atoms with Crippen LogP contribution in [0.1, 0.15) is 51.8 Å². The molecule has 32 heavy (non-hydrogen) atoms. The van der Waals surface area contributed by atoms with Crippen molar-refractivity contribution < 1.29 is 9.53 Å². The molecule has 5 rings (SSSR count). The summed E-state index contributed by atoms with van der Waals surface area (Å²) in [6.45, 7) is 4.84. The van der Waals surface area contributed by atoms with Gasteiger partial charge in [0.2, 0.25) is 0 Å². The van der Waals surface area contributed by atoms with Gasteiger partial charge in [-0.3, -0.25) is 0 Å². The van der Waals surface area contributed by atoms with Gasteiger partial charge in [0, 0.05) is 10.4 Å². The molecule has 0 saturated heterocycles. The van der Waals surface area contributed by atoms with Crippen LogP contribution in [-0.2, 0) is 11.3 Å². The van der Waals surface area contributed by atoms with E-state index < -0.39 is 0 Å². The van der Waals surface area contributed by atoms with Crippen molar-refractivity contribution in [3.63, 3.8) is 0 Å². The number of aryl methyl sites for hydroxylation is 2. The van der Waals surface area contributed by atoms with Crippen LogP contribution >= 0.6 is 15.9 Å². The second-order valence-electron chi connectivity index (χ2n) is 8.37. The average Bonchev–Trinajstić information content (AvgIpc) is 3.60. The summed E-state index contributed by atoms with van der Waals surface area (Å²) in [6, 6.07) is 15.9. The smallest absolute Gasteiger partial charge is 0.338 e. The SMILES string of the molecule is COC(=O)c1ccccc1-c1ccc(Cn2c(C3CC3)nc3c(C)c(Br)c(C)nc32)cc1. The quantitative estimate of drug-likeness (QED) is 0.313. The molecule has 1 saturated carbocycles. The van der Waals surface area contributed by atoms with E-state index in [1.807, 2.05) is 25.1 Å². The number of halogens is 1. The molecule has 0 spiro atoms. The van der Waals surface area contributed by atoms with Crippen molar-refractivity contribution in [2.75, 3.05) is 7.11 Å². The van der Waals surface area contributed by atoms with Crippen LogP contribution in [0.4, 0.5) is 0 Å². The van der Waals surface area contributed by atoms with Gasteiger partial charge < -0.3 is 9.30 Å². The Kier molecular flexibility index (Phi) is 5.33. The van der Waals surface area contributed by atoms with Gasteiger partial charge in [-0.1, -0.05) is 42.5 Å². The zero-order valence-corrected chi connectivity index (χ0v) is 19.9. The number of esters is 1. The Bertz CT molecular complexity index is 1340. The highest BCUT2D eigenvalue weighted by molar-refractivity contribution is 9.10. The van der Waals surface area contributed by atoms with Crippen molar-refractivity contribution in [2.24, 2.45) is 0 Å². The van der Waals surface area contributed by atoms with E-state index >= 15 is 0 Å². The molecule has 5 nitrogen and oxygen atoms in total. The monoisotopic (exact) mass is 489 g/mol. The number of fused-ring (bicyclic) bond motifs is 1. The van der Waals surface area contributed by atoms with Gasteiger partial charge in [0.1, 0.15) is 11.3 Å². The first kappa shape index (κ1) is 20.9. The number of hydrogen-bond donors (Lipinski definition) is 0. The maximum atomic E-state index is 12.2. The molecule has 6 heteroatoms. The highest BCUT2D eigenvalue weighted by Crippen LogP contribution is 2.41. The first-order chi connectivity index (χ1) is 15.5. The van der Waals surface area contributed by atoms with Crippen LogP contribution in [0.5, 0.6) is 0 Å². The fourth-order valence-electron chi connectivity index (χ4n) is 4.21. The molecule has 0 bridgehead atoms. The first-order valence-electron chi connectivity index (χ1n) is 10.8. The van der Waals surface area contributed by atoms with Crippen LogP contribution in [0, 0.1) is 13.8 Å². The van der Waals surface area contributed by atoms with Gasteiger partial charge in [-0.2, -0.15) is 0 Å². The minimum Gasteiger partial charge on any atom is -0.465 e. The molecule has 0 N–H and O–H groups in total. The van der Waals surface area contributed by atoms with E-state index in [0.29, 0.717) is 11.5 Å². The second-order valence-corrected chi connectivity index (χ2v) is 9.17. The first-order valence-corrected chi connectivity index (χ1v) is 11.6. The zero-order chi connectivity index (χ0) is 22.4. The number of methoxy groups -OCH3 is 1. The average molecular weight is 490 g/mol. The van der Waals surface area contributed by atoms with E-state index in [9.17, 15) is 4.79 Å². The highest BCUT2D eigenvalue weighted by atomic mass is 79.9. The molecule has 0 unspecified atom stereocenters. The van der Waals surface area contributed by atoms with Gasteiger partial charge in [-0.25, -0.2) is 14.8 Å². The van der Waals surface area contributed by atoms with E-state index in [-0.39, 0.29) is 5.97 Å². The molecule has 2 aromatic heterocycles. The maximum Gasteiger partial charge on any atom is 0.338 e. The van der Waals surface area contributed by atoms with Crippen LogP contribution in [0.2, 0.25) is 0 Å². The van der Waals surface area contributed by atoms with Crippen LogP contribution in [-0.4, -0.2) is 27.6 Å². The molecule has 0 atom stereocenters. The molecule has 1 aliphatic rings. The third kappa shape index (κ3) is 3.62. The Morgan fingerprint density at radius 3 is 2.50 bits per heavy atom. The van der Waals surface area contributed by atoms with Gasteiger partial charge in [0.25, 0.3) is 0 Å². The predicted molar refractivity (Wildman–Crippen MR) is 129 cm³/mol. The predicted octanol–water partition coefficient (Wildman–Crippen LogP) is 6.19. The summed E-state index contributed by atoms with van der Waals surface area (Å²) in [7, 11) is 1.41. The molecule has 4 aromatic rings. The molecule has 0 amide bonds. The number of benzene rings is 2. The minimum absolute atomic E-state index is 0.327. The third-order valence-electron chi connectivity index (χ3n) is 6.13. The van der Waals surface area contributed by atoms with Crippen molar-refractivity contribution in [3.8, 4) is 11.1 Å². The number of carbonyl (C=O) groups excluding carboxylic acids is 1. The number of imidazole rings is 1. The fraction of sp³-hybridized carbons (Fsp3) is 0.269. The summed E-state index contributed by atoms with van der Waals surface area (Å²) < 4.78 is 8.25. The lowest BCUT2D eigenvalue weighted by molar-refractivity contribution is 0.0601. The molecule has 1 fully saturated rings. The number of aromatic nitrogens is 3. The van der Waals surface area contributed by atoms with E-state index in [0.717, 1.165) is 50.4 Å². The van der Waals surface area contributed by atoms with Crippen molar-refractivity contribution in [1.82, 2.24) is 14.5 Å². The van der Waals surface area contributed by atoms with E-state index in [2.05, 4.69) is 51.7 Å². The van der Waals surface area contributed by atoms with Gasteiger partial charge in [-0.15, -0.1) is 0 Å². The van der Waals surface area contributed by atoms with Gasteiger partial charge in [-0.05, 0) is 70.9 Å². The van der Waals surface area contributed by atoms with E-state index in [1.165, 1.54) is 25.5 Å². The summed E-state index contributed by atoms with van der Waals surface area (Å²) in [5.74, 6) is 1.33. The fourth-order valence-corrected chi connectivity index (χ4v) is 4.49. The second kappa shape index (κ2) is 8.17. The minimum atomic E-state index is -0.327. The number of nitrogens with zero attached hydrogens (tertiary/aromatic N) is 3. The lowest BCUT2D eigenvalue weighted by Gasteiger charge is -2.11. The number of pyridine rings is 1. The summed E-state index contributed by atoms with van der Waals surface area (Å²) in [5.41, 5.74) is 7.65. The highest BCUT2D eigenvalue weighted by Gasteiger charge is 2.31. The zero-order valence-electron chi connectivity index (χ0n) is 18.4. The lowest BCUT2D eigenvalue weighted by Crippen LogP contribution is -2.06. The van der Waals surface area contributed by atoms with Crippen molar-refractivity contribution in [2.45, 2.75) is 39.2 Å². The lowest BCUT2D eigenvalue weighted by atomic mass is 9.98. The topological polar surface area (TPSA) is 57.0 Å². The van der Waals surface area contributed by atoms with Crippen molar-refractivity contribution in [3.05, 3.63) is 81.2 Å². The van der Waals surface area contributed by atoms with Crippen molar-refractivity contribution >= 4 is 33.1 Å².